The van der Waals surface area contributed by atoms with Crippen LogP contribution in [0.15, 0.2) is 15.7 Å². The second-order valence-corrected chi connectivity index (χ2v) is 2.55. The zero-order valence-electron chi connectivity index (χ0n) is 4.42. The Morgan fingerprint density at radius 1 is 1.62 bits per heavy atom. The van der Waals surface area contributed by atoms with E-state index in [4.69, 9.17) is 4.74 Å². The van der Waals surface area contributed by atoms with Crippen LogP contribution < -0.4 is 4.74 Å². The minimum atomic E-state index is 0.860. The molecule has 0 N–H and O–H groups in total. The Hall–Kier alpha value is -0.150. The Bertz CT molecular complexity index is 171. The Labute approximate surface area is 57.7 Å². The molecule has 0 atom stereocenters. The van der Waals surface area contributed by atoms with Gasteiger partial charge in [0.25, 0.3) is 0 Å². The van der Waals surface area contributed by atoms with E-state index in [0.29, 0.717) is 0 Å². The van der Waals surface area contributed by atoms with E-state index in [-0.39, 0.29) is 0 Å². The highest BCUT2D eigenvalue weighted by atomic mass is 32.1. The lowest BCUT2D eigenvalue weighted by atomic mass is 10.6. The molecule has 44 valence electrons. The third kappa shape index (κ3) is 0.980. The van der Waals surface area contributed by atoms with Gasteiger partial charge in [0.15, 0.2) is 0 Å². The molecule has 0 aromatic carbocycles. The average molecular weight is 146 g/mol. The monoisotopic (exact) mass is 146 g/mol. The van der Waals surface area contributed by atoms with Gasteiger partial charge in [0.05, 0.1) is 12.0 Å². The van der Waals surface area contributed by atoms with Gasteiger partial charge in [0.1, 0.15) is 5.75 Å². The van der Waals surface area contributed by atoms with Crippen LogP contribution in [-0.4, -0.2) is 7.11 Å². The molecule has 1 aromatic heterocycles. The van der Waals surface area contributed by atoms with Crippen molar-refractivity contribution in [2.24, 2.45) is 0 Å². The second-order valence-electron chi connectivity index (χ2n) is 1.33. The van der Waals surface area contributed by atoms with Crippen LogP contribution in [0.1, 0.15) is 0 Å². The molecule has 0 unspecified atom stereocenters. The van der Waals surface area contributed by atoms with Crippen LogP contribution in [0, 0.1) is 0 Å². The number of thiol groups is 1. The van der Waals surface area contributed by atoms with Crippen LogP contribution in [-0.2, 0) is 0 Å². The average Bonchev–Trinajstić information content (AvgIpc) is 2.14. The summed E-state index contributed by atoms with van der Waals surface area (Å²) in [6.07, 6.45) is 0. The number of ether oxygens (including phenoxy) is 1. The van der Waals surface area contributed by atoms with Crippen molar-refractivity contribution in [3.63, 3.8) is 0 Å². The predicted octanol–water partition coefficient (Wildman–Crippen LogP) is 2.05. The summed E-state index contributed by atoms with van der Waals surface area (Å²) in [6, 6.07) is 0. The van der Waals surface area contributed by atoms with Gasteiger partial charge in [-0.25, -0.2) is 0 Å². The first-order chi connectivity index (χ1) is 3.84. The zero-order valence-corrected chi connectivity index (χ0v) is 6.13. The van der Waals surface area contributed by atoms with Crippen molar-refractivity contribution in [3.8, 4) is 5.75 Å². The molecule has 0 spiro atoms. The maximum absolute atomic E-state index is 4.92. The lowest BCUT2D eigenvalue weighted by Gasteiger charge is -1.92. The number of hydrogen-bond acceptors (Lipinski definition) is 3. The summed E-state index contributed by atoms with van der Waals surface area (Å²) in [4.78, 5) is 0.914. The van der Waals surface area contributed by atoms with E-state index in [1.807, 2.05) is 10.8 Å². The third-order valence-corrected chi connectivity index (χ3v) is 2.07. The Morgan fingerprint density at radius 2 is 2.38 bits per heavy atom. The van der Waals surface area contributed by atoms with Gasteiger partial charge in [0, 0.05) is 10.8 Å². The summed E-state index contributed by atoms with van der Waals surface area (Å²) >= 11 is 5.70. The van der Waals surface area contributed by atoms with Crippen molar-refractivity contribution >= 4 is 24.0 Å². The highest BCUT2D eigenvalue weighted by molar-refractivity contribution is 7.80. The van der Waals surface area contributed by atoms with Crippen LogP contribution >= 0.6 is 24.0 Å². The number of rotatable bonds is 1. The molecule has 3 heteroatoms. The van der Waals surface area contributed by atoms with Gasteiger partial charge in [-0.15, -0.1) is 24.0 Å². The van der Waals surface area contributed by atoms with E-state index in [1.165, 1.54) is 0 Å². The van der Waals surface area contributed by atoms with Crippen LogP contribution in [0.25, 0.3) is 0 Å². The van der Waals surface area contributed by atoms with Gasteiger partial charge in [-0.2, -0.15) is 0 Å². The highest BCUT2D eigenvalue weighted by Crippen LogP contribution is 2.25. The summed E-state index contributed by atoms with van der Waals surface area (Å²) in [6.45, 7) is 0. The van der Waals surface area contributed by atoms with Crippen molar-refractivity contribution in [2.75, 3.05) is 7.11 Å². The largest absolute Gasteiger partial charge is 0.495 e. The first kappa shape index (κ1) is 5.98. The van der Waals surface area contributed by atoms with E-state index in [9.17, 15) is 0 Å². The van der Waals surface area contributed by atoms with Crippen LogP contribution in [0.5, 0.6) is 5.75 Å². The number of methoxy groups -OCH3 is 1. The molecule has 8 heavy (non-hydrogen) atoms. The molecule has 0 aliphatic heterocycles. The molecule has 0 amide bonds. The van der Waals surface area contributed by atoms with Crippen LogP contribution in [0.4, 0.5) is 0 Å². The topological polar surface area (TPSA) is 9.23 Å². The normalized spacial score (nSPS) is 9.25. The Morgan fingerprint density at radius 3 is 2.62 bits per heavy atom. The lowest BCUT2D eigenvalue weighted by molar-refractivity contribution is 0.407. The SMILES string of the molecule is COc1cscc1S. The van der Waals surface area contributed by atoms with Gasteiger partial charge >= 0.3 is 0 Å². The molecule has 0 aliphatic carbocycles. The van der Waals surface area contributed by atoms with E-state index in [2.05, 4.69) is 12.6 Å². The molecule has 0 fully saturated rings. The second kappa shape index (κ2) is 2.42. The fraction of sp³-hybridized carbons (Fsp3) is 0.200. The molecule has 1 nitrogen and oxygen atoms in total. The summed E-state index contributed by atoms with van der Waals surface area (Å²) in [7, 11) is 1.64. The third-order valence-electron chi connectivity index (χ3n) is 0.827. The molecule has 0 saturated carbocycles. The molecule has 1 aromatic rings. The van der Waals surface area contributed by atoms with E-state index < -0.39 is 0 Å². The quantitative estimate of drug-likeness (QED) is 0.596. The van der Waals surface area contributed by atoms with Gasteiger partial charge in [-0.3, -0.25) is 0 Å². The first-order valence-corrected chi connectivity index (χ1v) is 3.52. The van der Waals surface area contributed by atoms with Crippen molar-refractivity contribution in [1.82, 2.24) is 0 Å². The molecule has 0 aliphatic rings. The fourth-order valence-electron chi connectivity index (χ4n) is 0.431. The summed E-state index contributed by atoms with van der Waals surface area (Å²) < 4.78 is 4.92. The molecule has 1 heterocycles. The standard InChI is InChI=1S/C5H6OS2/c1-6-4-2-8-3-5(4)7/h2-3,7H,1H3. The lowest BCUT2D eigenvalue weighted by Crippen LogP contribution is -1.77. The molecular formula is C5H6OS2. The zero-order chi connectivity index (χ0) is 5.98. The van der Waals surface area contributed by atoms with Crippen LogP contribution in [0.3, 0.4) is 0 Å². The van der Waals surface area contributed by atoms with Crippen molar-refractivity contribution < 1.29 is 4.74 Å². The predicted molar refractivity (Wildman–Crippen MR) is 38.1 cm³/mol. The minimum Gasteiger partial charge on any atom is -0.495 e. The van der Waals surface area contributed by atoms with Crippen molar-refractivity contribution in [2.45, 2.75) is 4.90 Å². The molecule has 0 radical (unpaired) electrons. The highest BCUT2D eigenvalue weighted by Gasteiger charge is 1.95. The number of hydrogen-bond donors (Lipinski definition) is 1. The maximum atomic E-state index is 4.92. The molecule has 1 rings (SSSR count). The summed E-state index contributed by atoms with van der Waals surface area (Å²) in [5.74, 6) is 0.860. The smallest absolute Gasteiger partial charge is 0.142 e. The Kier molecular flexibility index (Phi) is 1.81. The van der Waals surface area contributed by atoms with Crippen molar-refractivity contribution in [1.29, 1.82) is 0 Å². The van der Waals surface area contributed by atoms with E-state index >= 15 is 0 Å². The van der Waals surface area contributed by atoms with Gasteiger partial charge in [0.2, 0.25) is 0 Å². The summed E-state index contributed by atoms with van der Waals surface area (Å²) in [5.41, 5.74) is 0. The van der Waals surface area contributed by atoms with Crippen LogP contribution in [0.2, 0.25) is 0 Å². The van der Waals surface area contributed by atoms with Gasteiger partial charge < -0.3 is 4.74 Å². The van der Waals surface area contributed by atoms with E-state index in [1.54, 1.807) is 18.4 Å². The van der Waals surface area contributed by atoms with Crippen molar-refractivity contribution in [3.05, 3.63) is 10.8 Å². The van der Waals surface area contributed by atoms with Gasteiger partial charge in [-0.05, 0) is 0 Å². The molecule has 0 bridgehead atoms. The maximum Gasteiger partial charge on any atom is 0.142 e. The first-order valence-electron chi connectivity index (χ1n) is 2.13. The minimum absolute atomic E-state index is 0.860. The molecular weight excluding hydrogens is 140 g/mol. The summed E-state index contributed by atoms with van der Waals surface area (Å²) in [5, 5.41) is 3.85. The molecule has 0 saturated heterocycles. The Balaban J connectivity index is 2.92. The fourth-order valence-corrected chi connectivity index (χ4v) is 1.52. The van der Waals surface area contributed by atoms with Gasteiger partial charge in [-0.1, -0.05) is 0 Å². The van der Waals surface area contributed by atoms with E-state index in [0.717, 1.165) is 10.6 Å². The number of thiophene rings is 1.